The zero-order valence-electron chi connectivity index (χ0n) is 15.3. The largest absolute Gasteiger partial charge is 0.361 e. The van der Waals surface area contributed by atoms with Crippen LogP contribution in [-0.4, -0.2) is 24.2 Å². The molecule has 2 aromatic heterocycles. The van der Waals surface area contributed by atoms with Crippen molar-refractivity contribution in [3.63, 3.8) is 0 Å². The Morgan fingerprint density at radius 2 is 1.85 bits per heavy atom. The topological polar surface area (TPSA) is 44.1 Å². The molecule has 1 aromatic carbocycles. The summed E-state index contributed by atoms with van der Waals surface area (Å²) < 4.78 is 7.30. The van der Waals surface area contributed by atoms with E-state index in [9.17, 15) is 4.79 Å². The summed E-state index contributed by atoms with van der Waals surface area (Å²) in [5.74, 6) is 0. The number of nitrogens with zero attached hydrogens (tertiary/aromatic N) is 2. The van der Waals surface area contributed by atoms with Crippen LogP contribution in [0.25, 0.3) is 21.9 Å². The fourth-order valence-electron chi connectivity index (χ4n) is 2.79. The highest BCUT2D eigenvalue weighted by molar-refractivity contribution is 6.76. The highest BCUT2D eigenvalue weighted by Crippen LogP contribution is 2.30. The first-order valence-electron chi connectivity index (χ1n) is 8.67. The molecular weight excluding hydrogens is 364 g/mol. The zero-order valence-corrected chi connectivity index (χ0v) is 17.1. The van der Waals surface area contributed by atoms with Gasteiger partial charge >= 0.3 is 0 Å². The van der Waals surface area contributed by atoms with Gasteiger partial charge in [0.15, 0.2) is 0 Å². The molecule has 0 saturated heterocycles. The van der Waals surface area contributed by atoms with Crippen LogP contribution in [0.5, 0.6) is 0 Å². The maximum absolute atomic E-state index is 12.9. The Morgan fingerprint density at radius 3 is 2.54 bits per heavy atom. The van der Waals surface area contributed by atoms with Gasteiger partial charge in [-0.2, -0.15) is 0 Å². The van der Waals surface area contributed by atoms with Gasteiger partial charge in [0, 0.05) is 33.3 Å². The molecular formula is C20H23ClN2O2Si. The minimum absolute atomic E-state index is 0.128. The van der Waals surface area contributed by atoms with Crippen molar-refractivity contribution in [2.45, 2.75) is 32.4 Å². The fourth-order valence-corrected chi connectivity index (χ4v) is 3.79. The van der Waals surface area contributed by atoms with E-state index in [0.29, 0.717) is 17.0 Å². The lowest BCUT2D eigenvalue weighted by Crippen LogP contribution is -2.24. The average Bonchev–Trinajstić information content (AvgIpc) is 2.60. The van der Waals surface area contributed by atoms with Gasteiger partial charge in [-0.3, -0.25) is 14.3 Å². The Labute approximate surface area is 159 Å². The second-order valence-electron chi connectivity index (χ2n) is 7.56. The molecule has 3 aromatic rings. The summed E-state index contributed by atoms with van der Waals surface area (Å²) in [5, 5.41) is 1.82. The van der Waals surface area contributed by atoms with Gasteiger partial charge in [-0.05, 0) is 46.8 Å². The minimum Gasteiger partial charge on any atom is -0.361 e. The number of benzene rings is 1. The van der Waals surface area contributed by atoms with E-state index < -0.39 is 8.07 Å². The molecule has 0 saturated carbocycles. The summed E-state index contributed by atoms with van der Waals surface area (Å²) in [6, 6.07) is 10.6. The van der Waals surface area contributed by atoms with E-state index in [4.69, 9.17) is 16.3 Å². The number of ether oxygens (including phenoxy) is 1. The first-order valence-corrected chi connectivity index (χ1v) is 12.8. The van der Waals surface area contributed by atoms with Crippen molar-refractivity contribution < 1.29 is 4.74 Å². The molecule has 0 aliphatic heterocycles. The molecule has 26 heavy (non-hydrogen) atoms. The summed E-state index contributed by atoms with van der Waals surface area (Å²) in [5.41, 5.74) is 1.84. The number of hydrogen-bond acceptors (Lipinski definition) is 3. The van der Waals surface area contributed by atoms with Crippen LogP contribution >= 0.6 is 11.6 Å². The molecule has 2 heterocycles. The molecule has 0 amide bonds. The molecule has 6 heteroatoms. The monoisotopic (exact) mass is 386 g/mol. The Bertz CT molecular complexity index is 965. The van der Waals surface area contributed by atoms with E-state index in [1.165, 1.54) is 0 Å². The van der Waals surface area contributed by atoms with Gasteiger partial charge in [-0.15, -0.1) is 0 Å². The van der Waals surface area contributed by atoms with E-state index in [-0.39, 0.29) is 12.3 Å². The van der Waals surface area contributed by atoms with Crippen LogP contribution in [0.3, 0.4) is 0 Å². The van der Waals surface area contributed by atoms with Crippen molar-refractivity contribution in [3.8, 4) is 11.1 Å². The third kappa shape index (κ3) is 4.23. The fraction of sp³-hybridized carbons (Fsp3) is 0.300. The molecule has 0 fully saturated rings. The third-order valence-electron chi connectivity index (χ3n) is 4.31. The number of rotatable bonds is 6. The summed E-state index contributed by atoms with van der Waals surface area (Å²) >= 11 is 6.35. The van der Waals surface area contributed by atoms with Gasteiger partial charge < -0.3 is 4.74 Å². The van der Waals surface area contributed by atoms with Gasteiger partial charge in [0.2, 0.25) is 0 Å². The Balaban J connectivity index is 1.94. The minimum atomic E-state index is -1.15. The number of hydrogen-bond donors (Lipinski definition) is 0. The van der Waals surface area contributed by atoms with E-state index in [0.717, 1.165) is 22.6 Å². The quantitative estimate of drug-likeness (QED) is 0.441. The number of fused-ring (bicyclic) bond motifs is 1. The lowest BCUT2D eigenvalue weighted by molar-refractivity contribution is 0.0851. The molecule has 3 rings (SSSR count). The number of halogens is 1. The number of pyridine rings is 2. The molecule has 0 N–H and O–H groups in total. The maximum atomic E-state index is 12.9. The predicted octanol–water partition coefficient (Wildman–Crippen LogP) is 5.03. The van der Waals surface area contributed by atoms with Crippen LogP contribution < -0.4 is 5.56 Å². The van der Waals surface area contributed by atoms with E-state index >= 15 is 0 Å². The van der Waals surface area contributed by atoms with E-state index in [2.05, 4.69) is 24.6 Å². The molecule has 4 nitrogen and oxygen atoms in total. The maximum Gasteiger partial charge on any atom is 0.261 e. The summed E-state index contributed by atoms with van der Waals surface area (Å²) in [4.78, 5) is 17.0. The van der Waals surface area contributed by atoms with Gasteiger partial charge in [0.25, 0.3) is 5.56 Å². The molecule has 0 radical (unpaired) electrons. The first-order chi connectivity index (χ1) is 12.4. The standard InChI is InChI=1S/C20H23ClN2O2Si/c1-26(2,3)13-12-25-14-23-11-8-17-16(15-6-9-22-10-7-15)4-5-18(21)19(17)20(23)24/h4-11H,12-14H2,1-3H3. The molecule has 0 aliphatic carbocycles. The van der Waals surface area contributed by atoms with Crippen molar-refractivity contribution in [1.82, 2.24) is 9.55 Å². The molecule has 0 unspecified atom stereocenters. The second kappa shape index (κ2) is 7.74. The summed E-state index contributed by atoms with van der Waals surface area (Å²) in [7, 11) is -1.15. The Morgan fingerprint density at radius 1 is 1.12 bits per heavy atom. The highest BCUT2D eigenvalue weighted by atomic mass is 35.5. The third-order valence-corrected chi connectivity index (χ3v) is 6.33. The zero-order chi connectivity index (χ0) is 18.7. The van der Waals surface area contributed by atoms with Crippen molar-refractivity contribution in [3.05, 3.63) is 64.3 Å². The van der Waals surface area contributed by atoms with Crippen molar-refractivity contribution in [1.29, 1.82) is 0 Å². The van der Waals surface area contributed by atoms with E-state index in [1.54, 1.807) is 29.2 Å². The van der Waals surface area contributed by atoms with Gasteiger partial charge in [-0.1, -0.05) is 37.3 Å². The van der Waals surface area contributed by atoms with Crippen LogP contribution in [-0.2, 0) is 11.5 Å². The lowest BCUT2D eigenvalue weighted by Gasteiger charge is -2.16. The normalized spacial score (nSPS) is 11.8. The van der Waals surface area contributed by atoms with Gasteiger partial charge in [-0.25, -0.2) is 0 Å². The lowest BCUT2D eigenvalue weighted by atomic mass is 10.0. The second-order valence-corrected chi connectivity index (χ2v) is 13.6. The summed E-state index contributed by atoms with van der Waals surface area (Å²) in [6.45, 7) is 7.83. The molecule has 0 aliphatic rings. The van der Waals surface area contributed by atoms with Crippen molar-refractivity contribution >= 4 is 30.4 Å². The Hall–Kier alpha value is -1.95. The number of aromatic nitrogens is 2. The highest BCUT2D eigenvalue weighted by Gasteiger charge is 2.14. The van der Waals surface area contributed by atoms with Gasteiger partial charge in [0.05, 0.1) is 10.4 Å². The van der Waals surface area contributed by atoms with E-state index in [1.807, 2.05) is 24.3 Å². The van der Waals surface area contributed by atoms with Crippen molar-refractivity contribution in [2.24, 2.45) is 0 Å². The predicted molar refractivity (Wildman–Crippen MR) is 111 cm³/mol. The first kappa shape index (κ1) is 18.8. The SMILES string of the molecule is C[Si](C)(C)CCOCn1ccc2c(-c3ccncc3)ccc(Cl)c2c1=O. The van der Waals surface area contributed by atoms with Crippen LogP contribution in [0.2, 0.25) is 30.7 Å². The molecule has 136 valence electrons. The summed E-state index contributed by atoms with van der Waals surface area (Å²) in [6.07, 6.45) is 5.26. The molecule has 0 bridgehead atoms. The average molecular weight is 387 g/mol. The molecule has 0 atom stereocenters. The Kier molecular flexibility index (Phi) is 5.60. The smallest absolute Gasteiger partial charge is 0.261 e. The van der Waals surface area contributed by atoms with Crippen LogP contribution in [0, 0.1) is 0 Å². The molecule has 0 spiro atoms. The van der Waals surface area contributed by atoms with Crippen LogP contribution in [0.1, 0.15) is 0 Å². The van der Waals surface area contributed by atoms with Crippen molar-refractivity contribution in [2.75, 3.05) is 6.61 Å². The van der Waals surface area contributed by atoms with Crippen LogP contribution in [0.4, 0.5) is 0 Å². The van der Waals surface area contributed by atoms with Crippen LogP contribution in [0.15, 0.2) is 53.7 Å². The van der Waals surface area contributed by atoms with Gasteiger partial charge in [0.1, 0.15) is 6.73 Å².